The lowest BCUT2D eigenvalue weighted by Crippen LogP contribution is -2.32. The molecule has 13 heavy (non-hydrogen) atoms. The topological polar surface area (TPSA) is 44.5 Å². The van der Waals surface area contributed by atoms with Gasteiger partial charge in [0.05, 0.1) is 25.6 Å². The highest BCUT2D eigenvalue weighted by Gasteiger charge is 2.30. The van der Waals surface area contributed by atoms with Crippen molar-refractivity contribution in [2.75, 3.05) is 13.2 Å². The van der Waals surface area contributed by atoms with Crippen LogP contribution in [0.2, 0.25) is 0 Å². The standard InChI is InChI=1S/C10H17NO2/c1-7-4-9(6-13-7)10(11)8-2-3-12-5-8/h5,7,9-10H,2-4,6,11H2,1H3. The first-order chi connectivity index (χ1) is 6.27. The molecule has 2 rings (SSSR count). The molecular formula is C10H17NO2. The van der Waals surface area contributed by atoms with Crippen molar-refractivity contribution >= 4 is 0 Å². The Hall–Kier alpha value is -0.540. The van der Waals surface area contributed by atoms with Crippen molar-refractivity contribution < 1.29 is 9.47 Å². The van der Waals surface area contributed by atoms with E-state index in [4.69, 9.17) is 15.2 Å². The molecule has 0 bridgehead atoms. The number of hydrogen-bond acceptors (Lipinski definition) is 3. The van der Waals surface area contributed by atoms with Gasteiger partial charge < -0.3 is 15.2 Å². The molecule has 74 valence electrons. The highest BCUT2D eigenvalue weighted by atomic mass is 16.5. The molecule has 3 atom stereocenters. The van der Waals surface area contributed by atoms with Gasteiger partial charge in [-0.15, -0.1) is 0 Å². The van der Waals surface area contributed by atoms with Crippen molar-refractivity contribution in [3.8, 4) is 0 Å². The second-order valence-electron chi connectivity index (χ2n) is 3.98. The second-order valence-corrected chi connectivity index (χ2v) is 3.98. The van der Waals surface area contributed by atoms with Crippen LogP contribution in [-0.4, -0.2) is 25.4 Å². The van der Waals surface area contributed by atoms with Gasteiger partial charge in [0.25, 0.3) is 0 Å². The summed E-state index contributed by atoms with van der Waals surface area (Å²) >= 11 is 0. The van der Waals surface area contributed by atoms with Crippen LogP contribution in [0.15, 0.2) is 11.8 Å². The summed E-state index contributed by atoms with van der Waals surface area (Å²) in [6, 6.07) is 0.146. The Kier molecular flexibility index (Phi) is 2.56. The van der Waals surface area contributed by atoms with Crippen LogP contribution in [-0.2, 0) is 9.47 Å². The van der Waals surface area contributed by atoms with Gasteiger partial charge in [-0.1, -0.05) is 0 Å². The molecule has 1 fully saturated rings. The van der Waals surface area contributed by atoms with E-state index < -0.39 is 0 Å². The van der Waals surface area contributed by atoms with Crippen LogP contribution in [0.4, 0.5) is 0 Å². The lowest BCUT2D eigenvalue weighted by molar-refractivity contribution is 0.119. The molecule has 1 saturated heterocycles. The van der Waals surface area contributed by atoms with E-state index in [0.717, 1.165) is 26.1 Å². The minimum Gasteiger partial charge on any atom is -0.501 e. The fourth-order valence-electron chi connectivity index (χ4n) is 2.05. The summed E-state index contributed by atoms with van der Waals surface area (Å²) in [6.45, 7) is 3.71. The van der Waals surface area contributed by atoms with Gasteiger partial charge in [0.2, 0.25) is 0 Å². The third kappa shape index (κ3) is 1.86. The van der Waals surface area contributed by atoms with E-state index in [1.54, 1.807) is 0 Å². The molecule has 0 aromatic carbocycles. The van der Waals surface area contributed by atoms with Crippen LogP contribution in [0.1, 0.15) is 19.8 Å². The fraction of sp³-hybridized carbons (Fsp3) is 0.800. The zero-order valence-electron chi connectivity index (χ0n) is 8.03. The molecule has 2 aliphatic rings. The molecular weight excluding hydrogens is 166 g/mol. The van der Waals surface area contributed by atoms with Crippen LogP contribution in [0.5, 0.6) is 0 Å². The van der Waals surface area contributed by atoms with E-state index in [0.29, 0.717) is 12.0 Å². The maximum atomic E-state index is 6.12. The number of ether oxygens (including phenoxy) is 2. The predicted molar refractivity (Wildman–Crippen MR) is 50.1 cm³/mol. The van der Waals surface area contributed by atoms with Crippen LogP contribution < -0.4 is 5.73 Å². The number of nitrogens with two attached hydrogens (primary N) is 1. The average molecular weight is 183 g/mol. The van der Waals surface area contributed by atoms with E-state index in [1.807, 2.05) is 6.26 Å². The minimum atomic E-state index is 0.146. The first-order valence-electron chi connectivity index (χ1n) is 4.95. The van der Waals surface area contributed by atoms with Crippen molar-refractivity contribution in [3.63, 3.8) is 0 Å². The average Bonchev–Trinajstić information content (AvgIpc) is 2.72. The fourth-order valence-corrected chi connectivity index (χ4v) is 2.05. The lowest BCUT2D eigenvalue weighted by atomic mass is 9.91. The van der Waals surface area contributed by atoms with Gasteiger partial charge in [-0.05, 0) is 18.9 Å². The van der Waals surface area contributed by atoms with E-state index >= 15 is 0 Å². The van der Waals surface area contributed by atoms with Crippen molar-refractivity contribution in [2.24, 2.45) is 11.7 Å². The minimum absolute atomic E-state index is 0.146. The van der Waals surface area contributed by atoms with Crippen molar-refractivity contribution in [1.29, 1.82) is 0 Å². The summed E-state index contributed by atoms with van der Waals surface area (Å²) in [5, 5.41) is 0. The van der Waals surface area contributed by atoms with E-state index in [9.17, 15) is 0 Å². The smallest absolute Gasteiger partial charge is 0.0912 e. The molecule has 3 nitrogen and oxygen atoms in total. The third-order valence-corrected chi connectivity index (χ3v) is 2.91. The van der Waals surface area contributed by atoms with Gasteiger partial charge in [0.1, 0.15) is 0 Å². The maximum Gasteiger partial charge on any atom is 0.0912 e. The first-order valence-corrected chi connectivity index (χ1v) is 4.95. The monoisotopic (exact) mass is 183 g/mol. The van der Waals surface area contributed by atoms with Crippen LogP contribution >= 0.6 is 0 Å². The highest BCUT2D eigenvalue weighted by Crippen LogP contribution is 2.27. The van der Waals surface area contributed by atoms with Crippen molar-refractivity contribution in [2.45, 2.75) is 31.9 Å². The quantitative estimate of drug-likeness (QED) is 0.695. The summed E-state index contributed by atoms with van der Waals surface area (Å²) in [6.07, 6.45) is 4.28. The Bertz CT molecular complexity index is 215. The molecule has 0 spiro atoms. The first kappa shape index (κ1) is 9.03. The van der Waals surface area contributed by atoms with Crippen molar-refractivity contribution in [1.82, 2.24) is 0 Å². The second kappa shape index (κ2) is 3.68. The van der Waals surface area contributed by atoms with Crippen LogP contribution in [0, 0.1) is 5.92 Å². The van der Waals surface area contributed by atoms with Gasteiger partial charge in [0.15, 0.2) is 0 Å². The molecule has 0 aliphatic carbocycles. The molecule has 2 heterocycles. The summed E-state index contributed by atoms with van der Waals surface area (Å²) in [7, 11) is 0. The predicted octanol–water partition coefficient (Wildman–Crippen LogP) is 1.04. The molecule has 0 aromatic rings. The van der Waals surface area contributed by atoms with Crippen LogP contribution in [0.3, 0.4) is 0 Å². The Balaban J connectivity index is 1.92. The Labute approximate surface area is 78.9 Å². The van der Waals surface area contributed by atoms with Gasteiger partial charge in [-0.25, -0.2) is 0 Å². The van der Waals surface area contributed by atoms with Gasteiger partial charge in [-0.2, -0.15) is 0 Å². The van der Waals surface area contributed by atoms with E-state index in [1.165, 1.54) is 5.57 Å². The van der Waals surface area contributed by atoms with Crippen LogP contribution in [0.25, 0.3) is 0 Å². The highest BCUT2D eigenvalue weighted by molar-refractivity contribution is 5.12. The molecule has 3 heteroatoms. The van der Waals surface area contributed by atoms with E-state index in [2.05, 4.69) is 6.92 Å². The Morgan fingerprint density at radius 1 is 1.62 bits per heavy atom. The molecule has 0 aromatic heterocycles. The molecule has 0 radical (unpaired) electrons. The summed E-state index contributed by atoms with van der Waals surface area (Å²) in [5.41, 5.74) is 7.37. The maximum absolute atomic E-state index is 6.12. The lowest BCUT2D eigenvalue weighted by Gasteiger charge is -2.17. The summed E-state index contributed by atoms with van der Waals surface area (Å²) in [4.78, 5) is 0. The third-order valence-electron chi connectivity index (χ3n) is 2.91. The summed E-state index contributed by atoms with van der Waals surface area (Å²) < 4.78 is 10.7. The summed E-state index contributed by atoms with van der Waals surface area (Å²) in [5.74, 6) is 0.489. The molecule has 3 unspecified atom stereocenters. The van der Waals surface area contributed by atoms with Crippen molar-refractivity contribution in [3.05, 3.63) is 11.8 Å². The van der Waals surface area contributed by atoms with Gasteiger partial charge in [0, 0.05) is 18.4 Å². The molecule has 0 saturated carbocycles. The normalized spacial score (nSPS) is 35.7. The largest absolute Gasteiger partial charge is 0.501 e. The molecule has 2 N–H and O–H groups in total. The van der Waals surface area contributed by atoms with Gasteiger partial charge >= 0.3 is 0 Å². The van der Waals surface area contributed by atoms with E-state index in [-0.39, 0.29) is 6.04 Å². The zero-order valence-corrected chi connectivity index (χ0v) is 8.03. The molecule has 2 aliphatic heterocycles. The molecule has 0 amide bonds. The Morgan fingerprint density at radius 2 is 2.46 bits per heavy atom. The zero-order chi connectivity index (χ0) is 9.26. The Morgan fingerprint density at radius 3 is 3.00 bits per heavy atom. The number of hydrogen-bond donors (Lipinski definition) is 1. The SMILES string of the molecule is CC1CC(C(N)C2=COCC2)CO1. The van der Waals surface area contributed by atoms with Gasteiger partial charge in [-0.3, -0.25) is 0 Å². The number of rotatable bonds is 2.